The zero-order valence-electron chi connectivity index (χ0n) is 20.3. The van der Waals surface area contributed by atoms with Crippen molar-refractivity contribution < 1.29 is 23.8 Å². The van der Waals surface area contributed by atoms with Crippen molar-refractivity contribution in [2.45, 2.75) is 44.6 Å². The highest BCUT2D eigenvalue weighted by Gasteiger charge is 2.47. The Hall–Kier alpha value is -4.06. The van der Waals surface area contributed by atoms with Crippen LogP contribution in [0.3, 0.4) is 0 Å². The van der Waals surface area contributed by atoms with E-state index >= 15 is 0 Å². The molecule has 36 heavy (non-hydrogen) atoms. The molecule has 1 aliphatic rings. The van der Waals surface area contributed by atoms with Gasteiger partial charge < -0.3 is 19.0 Å². The fourth-order valence-electron chi connectivity index (χ4n) is 4.38. The molecule has 0 amide bonds. The zero-order chi connectivity index (χ0) is 25.0. The molecule has 0 atom stereocenters. The summed E-state index contributed by atoms with van der Waals surface area (Å²) in [6.45, 7) is 2.50. The van der Waals surface area contributed by atoms with Crippen LogP contribution in [0.1, 0.15) is 37.1 Å². The van der Waals surface area contributed by atoms with E-state index < -0.39 is 11.6 Å². The Morgan fingerprint density at radius 1 is 0.944 bits per heavy atom. The maximum Gasteiger partial charge on any atom is 0.348 e. The molecule has 1 saturated carbocycles. The van der Waals surface area contributed by atoms with Crippen LogP contribution in [0, 0.1) is 6.92 Å². The minimum absolute atomic E-state index is 0.539. The van der Waals surface area contributed by atoms with Gasteiger partial charge in [0.1, 0.15) is 17.3 Å². The van der Waals surface area contributed by atoms with Crippen molar-refractivity contribution >= 4 is 5.97 Å². The van der Waals surface area contributed by atoms with E-state index in [1.165, 1.54) is 0 Å². The third-order valence-electron chi connectivity index (χ3n) is 6.61. The summed E-state index contributed by atoms with van der Waals surface area (Å²) in [7, 11) is 0. The molecule has 3 aromatic carbocycles. The van der Waals surface area contributed by atoms with E-state index in [1.807, 2.05) is 85.8 Å². The van der Waals surface area contributed by atoms with Gasteiger partial charge in [-0.15, -0.1) is 0 Å². The molecule has 1 aliphatic carbocycles. The van der Waals surface area contributed by atoms with Gasteiger partial charge >= 0.3 is 5.97 Å². The van der Waals surface area contributed by atoms with Gasteiger partial charge in [0.15, 0.2) is 0 Å². The van der Waals surface area contributed by atoms with Gasteiger partial charge in [-0.2, -0.15) is 0 Å². The quantitative estimate of drug-likeness (QED) is 0.252. The standard InChI is InChI=1S/C30H29NO5/c1-21-27(31-28(35-21)22-9-3-2-4-10-22)15-7-18-34-25-13-5-11-23(19-25)24-12-6-14-26(20-24)36-30(29(32)33)16-8-17-30/h2-6,9-14,19-20H,7-8,15-18H2,1H3,(H,32,33). The fraction of sp³-hybridized carbons (Fsp3) is 0.267. The molecule has 0 saturated heterocycles. The van der Waals surface area contributed by atoms with Crippen LogP contribution in [-0.2, 0) is 11.2 Å². The monoisotopic (exact) mass is 483 g/mol. The lowest BCUT2D eigenvalue weighted by atomic mass is 9.80. The lowest BCUT2D eigenvalue weighted by Gasteiger charge is -2.37. The number of aliphatic carboxylic acids is 1. The van der Waals surface area contributed by atoms with Gasteiger partial charge in [-0.05, 0) is 86.6 Å². The lowest BCUT2D eigenvalue weighted by Crippen LogP contribution is -2.50. The first-order valence-electron chi connectivity index (χ1n) is 12.3. The van der Waals surface area contributed by atoms with E-state index in [0.717, 1.165) is 53.2 Å². The Bertz CT molecular complexity index is 1340. The lowest BCUT2D eigenvalue weighted by molar-refractivity contribution is -0.163. The van der Waals surface area contributed by atoms with E-state index in [2.05, 4.69) is 4.98 Å². The van der Waals surface area contributed by atoms with Crippen molar-refractivity contribution in [1.82, 2.24) is 4.98 Å². The molecule has 6 nitrogen and oxygen atoms in total. The number of nitrogens with zero attached hydrogens (tertiary/aromatic N) is 1. The average Bonchev–Trinajstić information content (AvgIpc) is 3.25. The largest absolute Gasteiger partial charge is 0.494 e. The molecular weight excluding hydrogens is 454 g/mol. The number of ether oxygens (including phenoxy) is 2. The molecule has 1 aromatic heterocycles. The number of aromatic nitrogens is 1. The molecule has 0 bridgehead atoms. The van der Waals surface area contributed by atoms with Crippen LogP contribution in [0.5, 0.6) is 11.5 Å². The highest BCUT2D eigenvalue weighted by molar-refractivity contribution is 5.79. The first-order chi connectivity index (χ1) is 17.5. The molecule has 6 heteroatoms. The van der Waals surface area contributed by atoms with Gasteiger partial charge in [-0.3, -0.25) is 0 Å². The third kappa shape index (κ3) is 5.13. The van der Waals surface area contributed by atoms with Crippen molar-refractivity contribution in [1.29, 1.82) is 0 Å². The van der Waals surface area contributed by atoms with E-state index in [0.29, 0.717) is 31.1 Å². The molecule has 0 spiro atoms. The number of hydrogen-bond acceptors (Lipinski definition) is 5. The first-order valence-corrected chi connectivity index (χ1v) is 12.3. The molecule has 1 heterocycles. The number of carboxylic acid groups (broad SMARTS) is 1. The van der Waals surface area contributed by atoms with E-state index in [9.17, 15) is 9.90 Å². The second-order valence-electron chi connectivity index (χ2n) is 9.15. The zero-order valence-corrected chi connectivity index (χ0v) is 20.3. The normalized spacial score (nSPS) is 14.1. The van der Waals surface area contributed by atoms with Crippen LogP contribution in [0.2, 0.25) is 0 Å². The van der Waals surface area contributed by atoms with Gasteiger partial charge in [0, 0.05) is 5.56 Å². The molecule has 0 radical (unpaired) electrons. The summed E-state index contributed by atoms with van der Waals surface area (Å²) in [5.74, 6) is 1.94. The summed E-state index contributed by atoms with van der Waals surface area (Å²) in [6, 6.07) is 25.4. The molecule has 4 aromatic rings. The molecule has 0 aliphatic heterocycles. The van der Waals surface area contributed by atoms with E-state index in [1.54, 1.807) is 0 Å². The van der Waals surface area contributed by atoms with Crippen LogP contribution in [0.4, 0.5) is 0 Å². The summed E-state index contributed by atoms with van der Waals surface area (Å²) in [5, 5.41) is 9.56. The number of carbonyl (C=O) groups is 1. The Kier molecular flexibility index (Phi) is 6.76. The highest BCUT2D eigenvalue weighted by atomic mass is 16.5. The van der Waals surface area contributed by atoms with Crippen molar-refractivity contribution in [3.8, 4) is 34.1 Å². The van der Waals surface area contributed by atoms with Crippen molar-refractivity contribution in [3.63, 3.8) is 0 Å². The third-order valence-corrected chi connectivity index (χ3v) is 6.61. The van der Waals surface area contributed by atoms with E-state index in [-0.39, 0.29) is 0 Å². The minimum atomic E-state index is -1.09. The number of benzene rings is 3. The summed E-state index contributed by atoms with van der Waals surface area (Å²) in [6.07, 6.45) is 3.53. The highest BCUT2D eigenvalue weighted by Crippen LogP contribution is 2.38. The molecule has 184 valence electrons. The second-order valence-corrected chi connectivity index (χ2v) is 9.15. The molecule has 1 fully saturated rings. The van der Waals surface area contributed by atoms with Crippen LogP contribution in [0.25, 0.3) is 22.6 Å². The van der Waals surface area contributed by atoms with Gasteiger partial charge in [0.25, 0.3) is 0 Å². The topological polar surface area (TPSA) is 81.8 Å². The number of rotatable bonds is 10. The number of hydrogen-bond donors (Lipinski definition) is 1. The van der Waals surface area contributed by atoms with Crippen LogP contribution >= 0.6 is 0 Å². The maximum atomic E-state index is 11.7. The Morgan fingerprint density at radius 2 is 1.61 bits per heavy atom. The van der Waals surface area contributed by atoms with Crippen LogP contribution in [-0.4, -0.2) is 28.3 Å². The van der Waals surface area contributed by atoms with Gasteiger partial charge in [-0.25, -0.2) is 9.78 Å². The smallest absolute Gasteiger partial charge is 0.348 e. The molecule has 0 unspecified atom stereocenters. The summed E-state index contributed by atoms with van der Waals surface area (Å²) in [5.41, 5.74) is 2.77. The molecule has 5 rings (SSSR count). The average molecular weight is 484 g/mol. The van der Waals surface area contributed by atoms with Crippen molar-refractivity contribution in [2.75, 3.05) is 6.61 Å². The van der Waals surface area contributed by atoms with Crippen molar-refractivity contribution in [3.05, 3.63) is 90.3 Å². The molecular formula is C30H29NO5. The second kappa shape index (κ2) is 10.3. The number of carboxylic acids is 1. The van der Waals surface area contributed by atoms with Gasteiger partial charge in [0.05, 0.1) is 12.3 Å². The predicted octanol–water partition coefficient (Wildman–Crippen LogP) is 6.71. The minimum Gasteiger partial charge on any atom is -0.494 e. The Morgan fingerprint density at radius 3 is 2.28 bits per heavy atom. The first kappa shape index (κ1) is 23.7. The van der Waals surface area contributed by atoms with Crippen LogP contribution < -0.4 is 9.47 Å². The maximum absolute atomic E-state index is 11.7. The van der Waals surface area contributed by atoms with E-state index in [4.69, 9.17) is 13.9 Å². The summed E-state index contributed by atoms with van der Waals surface area (Å²) < 4.78 is 17.8. The summed E-state index contributed by atoms with van der Waals surface area (Å²) in [4.78, 5) is 16.3. The Labute approximate surface area is 210 Å². The van der Waals surface area contributed by atoms with Gasteiger partial charge in [-0.1, -0.05) is 42.5 Å². The predicted molar refractivity (Wildman–Crippen MR) is 137 cm³/mol. The Balaban J connectivity index is 1.19. The SMILES string of the molecule is Cc1oc(-c2ccccc2)nc1CCCOc1cccc(-c2cccc(OC3(C(=O)O)CCC3)c2)c1. The summed E-state index contributed by atoms with van der Waals surface area (Å²) >= 11 is 0. The number of oxazole rings is 1. The van der Waals surface area contributed by atoms with Crippen molar-refractivity contribution in [2.24, 2.45) is 0 Å². The van der Waals surface area contributed by atoms with Gasteiger partial charge in [0.2, 0.25) is 11.5 Å². The number of aryl methyl sites for hydroxylation is 2. The molecule has 1 N–H and O–H groups in total. The fourth-order valence-corrected chi connectivity index (χ4v) is 4.38. The van der Waals surface area contributed by atoms with Crippen LogP contribution in [0.15, 0.2) is 83.3 Å².